The summed E-state index contributed by atoms with van der Waals surface area (Å²) in [4.78, 5) is 24.4. The van der Waals surface area contributed by atoms with Crippen molar-refractivity contribution in [2.45, 2.75) is 18.5 Å². The van der Waals surface area contributed by atoms with Crippen molar-refractivity contribution in [3.05, 3.63) is 81.8 Å². The van der Waals surface area contributed by atoms with Gasteiger partial charge in [0.2, 0.25) is 11.1 Å². The smallest absolute Gasteiger partial charge is 0.294 e. The van der Waals surface area contributed by atoms with E-state index in [9.17, 15) is 9.59 Å². The number of nitrogen functional groups attached to an aromatic ring is 1. The highest BCUT2D eigenvalue weighted by Gasteiger charge is 2.13. The number of nitrogens with zero attached hydrogens (tertiary/aromatic N) is 3. The highest BCUT2D eigenvalue weighted by molar-refractivity contribution is 7.99. The number of aryl methyl sites for hydroxylation is 1. The quantitative estimate of drug-likeness (QED) is 0.500. The second kappa shape index (κ2) is 8.50. The van der Waals surface area contributed by atoms with E-state index in [0.717, 1.165) is 27.6 Å². The van der Waals surface area contributed by atoms with Gasteiger partial charge in [0.1, 0.15) is 5.69 Å². The molecule has 1 amide bonds. The Hall–Kier alpha value is -3.13. The number of anilines is 1. The average Bonchev–Trinajstić information content (AvgIpc) is 2.67. The summed E-state index contributed by atoms with van der Waals surface area (Å²) in [6.07, 6.45) is 0.350. The third kappa shape index (κ3) is 4.95. The zero-order valence-corrected chi connectivity index (χ0v) is 15.6. The lowest BCUT2D eigenvalue weighted by atomic mass is 10.1. The van der Waals surface area contributed by atoms with E-state index < -0.39 is 5.56 Å². The zero-order chi connectivity index (χ0) is 19.2. The number of carbonyl (C=O) groups is 1. The van der Waals surface area contributed by atoms with Gasteiger partial charge in [-0.15, -0.1) is 10.2 Å². The monoisotopic (exact) mass is 381 g/mol. The molecule has 27 heavy (non-hydrogen) atoms. The molecule has 0 saturated heterocycles. The van der Waals surface area contributed by atoms with Gasteiger partial charge in [0.05, 0.1) is 5.75 Å². The number of benzene rings is 2. The van der Waals surface area contributed by atoms with E-state index in [1.165, 1.54) is 0 Å². The lowest BCUT2D eigenvalue weighted by Gasteiger charge is -2.08. The van der Waals surface area contributed by atoms with Crippen molar-refractivity contribution in [1.29, 1.82) is 0 Å². The lowest BCUT2D eigenvalue weighted by Crippen LogP contribution is -2.34. The van der Waals surface area contributed by atoms with Crippen LogP contribution in [0.2, 0.25) is 0 Å². The molecule has 0 aliphatic rings. The van der Waals surface area contributed by atoms with Crippen molar-refractivity contribution in [1.82, 2.24) is 14.9 Å². The number of amides is 1. The standard InChI is InChI=1S/C19H19N5O2S/c1-13-7-9-15(10-8-13)21-17(25)12-27-19-23-22-16(18(26)24(19)20)11-14-5-3-2-4-6-14/h2-10H,11-12,20H2,1H3,(H,21,25). The van der Waals surface area contributed by atoms with Crippen LogP contribution < -0.4 is 16.7 Å². The third-order valence-electron chi connectivity index (χ3n) is 3.81. The summed E-state index contributed by atoms with van der Waals surface area (Å²) in [6, 6.07) is 17.0. The Balaban J connectivity index is 1.63. The fourth-order valence-corrected chi connectivity index (χ4v) is 3.04. The van der Waals surface area contributed by atoms with Crippen molar-refractivity contribution in [3.63, 3.8) is 0 Å². The average molecular weight is 381 g/mol. The van der Waals surface area contributed by atoms with Gasteiger partial charge in [-0.2, -0.15) is 4.68 Å². The van der Waals surface area contributed by atoms with Crippen LogP contribution in [0.1, 0.15) is 16.8 Å². The second-order valence-electron chi connectivity index (χ2n) is 5.97. The Labute approximate surface area is 160 Å². The van der Waals surface area contributed by atoms with Crippen LogP contribution in [0, 0.1) is 6.92 Å². The summed E-state index contributed by atoms with van der Waals surface area (Å²) in [5.41, 5.74) is 2.61. The van der Waals surface area contributed by atoms with Crippen molar-refractivity contribution in [3.8, 4) is 0 Å². The van der Waals surface area contributed by atoms with Gasteiger partial charge in [-0.25, -0.2) is 0 Å². The Morgan fingerprint density at radius 2 is 1.81 bits per heavy atom. The van der Waals surface area contributed by atoms with E-state index in [-0.39, 0.29) is 22.5 Å². The van der Waals surface area contributed by atoms with Crippen LogP contribution in [0.25, 0.3) is 0 Å². The van der Waals surface area contributed by atoms with Gasteiger partial charge in [0, 0.05) is 12.1 Å². The summed E-state index contributed by atoms with van der Waals surface area (Å²) < 4.78 is 0.940. The van der Waals surface area contributed by atoms with E-state index in [0.29, 0.717) is 12.1 Å². The molecule has 138 valence electrons. The van der Waals surface area contributed by atoms with Gasteiger partial charge in [-0.05, 0) is 24.6 Å². The molecule has 3 N–H and O–H groups in total. The SMILES string of the molecule is Cc1ccc(NC(=O)CSc2nnc(Cc3ccccc3)c(=O)n2N)cc1. The Kier molecular flexibility index (Phi) is 5.87. The molecular weight excluding hydrogens is 362 g/mol. The molecule has 0 saturated carbocycles. The molecule has 2 aromatic carbocycles. The summed E-state index contributed by atoms with van der Waals surface area (Å²) in [5, 5.41) is 11.0. The number of nitrogens with two attached hydrogens (primary N) is 1. The molecule has 3 rings (SSSR count). The number of nitrogens with one attached hydrogen (secondary N) is 1. The van der Waals surface area contributed by atoms with Crippen LogP contribution >= 0.6 is 11.8 Å². The Bertz CT molecular complexity index is 987. The molecule has 0 unspecified atom stereocenters. The third-order valence-corrected chi connectivity index (χ3v) is 4.75. The lowest BCUT2D eigenvalue weighted by molar-refractivity contribution is -0.113. The van der Waals surface area contributed by atoms with Crippen LogP contribution in [-0.2, 0) is 11.2 Å². The number of hydrogen-bond acceptors (Lipinski definition) is 6. The Morgan fingerprint density at radius 1 is 1.11 bits per heavy atom. The minimum Gasteiger partial charge on any atom is -0.334 e. The molecule has 0 atom stereocenters. The van der Waals surface area contributed by atoms with Gasteiger partial charge >= 0.3 is 0 Å². The van der Waals surface area contributed by atoms with Crippen LogP contribution in [-0.4, -0.2) is 26.5 Å². The van der Waals surface area contributed by atoms with Crippen molar-refractivity contribution < 1.29 is 4.79 Å². The fraction of sp³-hybridized carbons (Fsp3) is 0.158. The predicted molar refractivity (Wildman–Crippen MR) is 106 cm³/mol. The number of carbonyl (C=O) groups excluding carboxylic acids is 1. The first-order valence-corrected chi connectivity index (χ1v) is 9.28. The van der Waals surface area contributed by atoms with E-state index in [1.807, 2.05) is 61.5 Å². The summed E-state index contributed by atoms with van der Waals surface area (Å²) in [5.74, 6) is 5.69. The second-order valence-corrected chi connectivity index (χ2v) is 6.91. The summed E-state index contributed by atoms with van der Waals surface area (Å²) in [7, 11) is 0. The van der Waals surface area contributed by atoms with Crippen LogP contribution in [0.4, 0.5) is 5.69 Å². The van der Waals surface area contributed by atoms with Crippen LogP contribution in [0.3, 0.4) is 0 Å². The predicted octanol–water partition coefficient (Wildman–Crippen LogP) is 1.98. The molecule has 0 aliphatic carbocycles. The molecule has 0 spiro atoms. The van der Waals surface area contributed by atoms with Crippen molar-refractivity contribution in [2.24, 2.45) is 0 Å². The number of hydrogen-bond donors (Lipinski definition) is 2. The first kappa shape index (κ1) is 18.7. The number of thioether (sulfide) groups is 1. The molecule has 0 radical (unpaired) electrons. The largest absolute Gasteiger partial charge is 0.334 e. The molecular formula is C19H19N5O2S. The Morgan fingerprint density at radius 3 is 2.52 bits per heavy atom. The molecule has 7 nitrogen and oxygen atoms in total. The number of aromatic nitrogens is 3. The summed E-state index contributed by atoms with van der Waals surface area (Å²) >= 11 is 1.06. The fourth-order valence-electron chi connectivity index (χ4n) is 2.38. The summed E-state index contributed by atoms with van der Waals surface area (Å²) in [6.45, 7) is 1.97. The maximum Gasteiger partial charge on any atom is 0.294 e. The minimum absolute atomic E-state index is 0.0667. The molecule has 1 aromatic heterocycles. The molecule has 1 heterocycles. The maximum absolute atomic E-state index is 12.4. The van der Waals surface area contributed by atoms with Gasteiger partial charge < -0.3 is 11.2 Å². The molecule has 0 bridgehead atoms. The first-order chi connectivity index (χ1) is 13.0. The van der Waals surface area contributed by atoms with Gasteiger partial charge in [0.15, 0.2) is 0 Å². The van der Waals surface area contributed by atoms with Gasteiger partial charge in [-0.1, -0.05) is 59.8 Å². The topological polar surface area (TPSA) is 103 Å². The van der Waals surface area contributed by atoms with E-state index in [4.69, 9.17) is 5.84 Å². The molecule has 8 heteroatoms. The molecule has 3 aromatic rings. The highest BCUT2D eigenvalue weighted by Crippen LogP contribution is 2.14. The minimum atomic E-state index is -0.421. The van der Waals surface area contributed by atoms with E-state index in [2.05, 4.69) is 15.5 Å². The van der Waals surface area contributed by atoms with Crippen LogP contribution in [0.5, 0.6) is 0 Å². The zero-order valence-electron chi connectivity index (χ0n) is 14.8. The first-order valence-electron chi connectivity index (χ1n) is 8.30. The van der Waals surface area contributed by atoms with Crippen LogP contribution in [0.15, 0.2) is 64.5 Å². The van der Waals surface area contributed by atoms with E-state index in [1.54, 1.807) is 0 Å². The van der Waals surface area contributed by atoms with Gasteiger partial charge in [0.25, 0.3) is 5.56 Å². The maximum atomic E-state index is 12.4. The molecule has 0 aliphatic heterocycles. The normalized spacial score (nSPS) is 10.6. The van der Waals surface area contributed by atoms with Gasteiger partial charge in [-0.3, -0.25) is 9.59 Å². The van der Waals surface area contributed by atoms with Crippen molar-refractivity contribution in [2.75, 3.05) is 16.9 Å². The highest BCUT2D eigenvalue weighted by atomic mass is 32.2. The number of rotatable bonds is 6. The molecule has 0 fully saturated rings. The van der Waals surface area contributed by atoms with E-state index >= 15 is 0 Å². The van der Waals surface area contributed by atoms with Crippen molar-refractivity contribution >= 4 is 23.4 Å².